The molecule has 1 aromatic carbocycles. The minimum Gasteiger partial charge on any atom is -0.358 e. The first kappa shape index (κ1) is 9.02. The number of aryl methyl sites for hydroxylation is 1. The van der Waals surface area contributed by atoms with E-state index in [0.29, 0.717) is 5.41 Å². The van der Waals surface area contributed by atoms with E-state index >= 15 is 0 Å². The Balaban J connectivity index is 2.37. The van der Waals surface area contributed by atoms with E-state index in [9.17, 15) is 0 Å². The van der Waals surface area contributed by atoms with Gasteiger partial charge in [-0.15, -0.1) is 0 Å². The molecule has 1 heteroatoms. The van der Waals surface area contributed by atoms with Crippen LogP contribution in [0, 0.1) is 0 Å². The van der Waals surface area contributed by atoms with Crippen LogP contribution in [0.2, 0.25) is 0 Å². The van der Waals surface area contributed by atoms with Crippen molar-refractivity contribution in [2.24, 2.45) is 0 Å². The SMILES string of the molecule is CC1(C)CCCc2[nH]c3ccccc3c21. The summed E-state index contributed by atoms with van der Waals surface area (Å²) in [6.45, 7) is 4.73. The minimum absolute atomic E-state index is 0.340. The number of aromatic amines is 1. The average Bonchev–Trinajstić information content (AvgIpc) is 2.56. The summed E-state index contributed by atoms with van der Waals surface area (Å²) in [7, 11) is 0. The Morgan fingerprint density at radius 1 is 1.20 bits per heavy atom. The molecule has 1 nitrogen and oxygen atoms in total. The number of H-pyrrole nitrogens is 1. The second-order valence-electron chi connectivity index (χ2n) is 5.26. The second-order valence-corrected chi connectivity index (χ2v) is 5.26. The van der Waals surface area contributed by atoms with Crippen LogP contribution in [0.15, 0.2) is 24.3 Å². The van der Waals surface area contributed by atoms with Crippen molar-refractivity contribution in [1.82, 2.24) is 4.98 Å². The van der Waals surface area contributed by atoms with Gasteiger partial charge in [-0.1, -0.05) is 32.0 Å². The third-order valence-corrected chi connectivity index (χ3v) is 3.69. The lowest BCUT2D eigenvalue weighted by Crippen LogP contribution is -2.22. The molecule has 0 saturated heterocycles. The van der Waals surface area contributed by atoms with Gasteiger partial charge in [0.15, 0.2) is 0 Å². The fraction of sp³-hybridized carbons (Fsp3) is 0.429. The summed E-state index contributed by atoms with van der Waals surface area (Å²) < 4.78 is 0. The molecule has 1 aliphatic rings. The summed E-state index contributed by atoms with van der Waals surface area (Å²) in [5.74, 6) is 0. The molecular formula is C14H17N. The van der Waals surface area contributed by atoms with E-state index in [4.69, 9.17) is 0 Å². The Morgan fingerprint density at radius 3 is 2.87 bits per heavy atom. The molecule has 0 bridgehead atoms. The van der Waals surface area contributed by atoms with E-state index in [2.05, 4.69) is 43.1 Å². The predicted molar refractivity (Wildman–Crippen MR) is 64.3 cm³/mol. The van der Waals surface area contributed by atoms with Crippen LogP contribution in [-0.2, 0) is 11.8 Å². The van der Waals surface area contributed by atoms with Crippen LogP contribution in [0.4, 0.5) is 0 Å². The topological polar surface area (TPSA) is 15.8 Å². The highest BCUT2D eigenvalue weighted by Crippen LogP contribution is 2.40. The Morgan fingerprint density at radius 2 is 2.00 bits per heavy atom. The van der Waals surface area contributed by atoms with Crippen molar-refractivity contribution < 1.29 is 0 Å². The van der Waals surface area contributed by atoms with Gasteiger partial charge in [0, 0.05) is 16.6 Å². The number of hydrogen-bond acceptors (Lipinski definition) is 0. The van der Waals surface area contributed by atoms with E-state index in [1.54, 1.807) is 5.56 Å². The molecule has 15 heavy (non-hydrogen) atoms. The maximum Gasteiger partial charge on any atom is 0.0459 e. The standard InChI is InChI=1S/C14H17N/c1-14(2)9-5-8-12-13(14)10-6-3-4-7-11(10)15-12/h3-4,6-7,15H,5,8-9H2,1-2H3. The van der Waals surface area contributed by atoms with Gasteiger partial charge < -0.3 is 4.98 Å². The van der Waals surface area contributed by atoms with E-state index in [1.807, 2.05) is 0 Å². The summed E-state index contributed by atoms with van der Waals surface area (Å²) in [5.41, 5.74) is 4.67. The van der Waals surface area contributed by atoms with Crippen LogP contribution in [0.1, 0.15) is 37.9 Å². The van der Waals surface area contributed by atoms with Gasteiger partial charge in [-0.2, -0.15) is 0 Å². The molecular weight excluding hydrogens is 182 g/mol. The van der Waals surface area contributed by atoms with Gasteiger partial charge in [-0.25, -0.2) is 0 Å². The van der Waals surface area contributed by atoms with Crippen molar-refractivity contribution in [2.75, 3.05) is 0 Å². The zero-order valence-electron chi connectivity index (χ0n) is 9.43. The maximum absolute atomic E-state index is 3.57. The summed E-state index contributed by atoms with van der Waals surface area (Å²) in [6.07, 6.45) is 3.84. The molecule has 0 unspecified atom stereocenters. The fourth-order valence-electron chi connectivity index (χ4n) is 2.99. The third kappa shape index (κ3) is 1.22. The van der Waals surface area contributed by atoms with Crippen molar-refractivity contribution in [2.45, 2.75) is 38.5 Å². The highest BCUT2D eigenvalue weighted by molar-refractivity contribution is 5.86. The van der Waals surface area contributed by atoms with Crippen LogP contribution in [0.3, 0.4) is 0 Å². The quantitative estimate of drug-likeness (QED) is 0.664. The summed E-state index contributed by atoms with van der Waals surface area (Å²) >= 11 is 0. The summed E-state index contributed by atoms with van der Waals surface area (Å²) in [6, 6.07) is 8.68. The van der Waals surface area contributed by atoms with Crippen LogP contribution in [0.5, 0.6) is 0 Å². The fourth-order valence-corrected chi connectivity index (χ4v) is 2.99. The first-order chi connectivity index (χ1) is 7.18. The van der Waals surface area contributed by atoms with Crippen LogP contribution < -0.4 is 0 Å². The van der Waals surface area contributed by atoms with Gasteiger partial charge in [-0.3, -0.25) is 0 Å². The highest BCUT2D eigenvalue weighted by atomic mass is 14.7. The zero-order valence-corrected chi connectivity index (χ0v) is 9.43. The Labute approximate surface area is 90.5 Å². The number of aromatic nitrogens is 1. The van der Waals surface area contributed by atoms with E-state index in [-0.39, 0.29) is 0 Å². The summed E-state index contributed by atoms with van der Waals surface area (Å²) in [4.78, 5) is 3.57. The van der Waals surface area contributed by atoms with Gasteiger partial charge in [-0.05, 0) is 36.3 Å². The molecule has 3 rings (SSSR count). The number of fused-ring (bicyclic) bond motifs is 3. The first-order valence-corrected chi connectivity index (χ1v) is 5.78. The normalized spacial score (nSPS) is 19.1. The largest absolute Gasteiger partial charge is 0.358 e. The first-order valence-electron chi connectivity index (χ1n) is 5.78. The highest BCUT2D eigenvalue weighted by Gasteiger charge is 2.30. The van der Waals surface area contributed by atoms with E-state index < -0.39 is 0 Å². The molecule has 1 heterocycles. The van der Waals surface area contributed by atoms with Gasteiger partial charge >= 0.3 is 0 Å². The Bertz CT molecular complexity index is 505. The van der Waals surface area contributed by atoms with Crippen LogP contribution >= 0.6 is 0 Å². The molecule has 1 N–H and O–H groups in total. The van der Waals surface area contributed by atoms with Gasteiger partial charge in [0.05, 0.1) is 0 Å². The van der Waals surface area contributed by atoms with Crippen molar-refractivity contribution in [3.63, 3.8) is 0 Å². The molecule has 2 aromatic rings. The zero-order chi connectivity index (χ0) is 10.5. The van der Waals surface area contributed by atoms with Crippen molar-refractivity contribution >= 4 is 10.9 Å². The van der Waals surface area contributed by atoms with Crippen molar-refractivity contribution in [1.29, 1.82) is 0 Å². The number of benzene rings is 1. The Kier molecular flexibility index (Phi) is 1.73. The minimum atomic E-state index is 0.340. The molecule has 0 saturated carbocycles. The third-order valence-electron chi connectivity index (χ3n) is 3.69. The van der Waals surface area contributed by atoms with Gasteiger partial charge in [0.2, 0.25) is 0 Å². The molecule has 1 aliphatic carbocycles. The Hall–Kier alpha value is -1.24. The maximum atomic E-state index is 3.57. The molecule has 0 aliphatic heterocycles. The van der Waals surface area contributed by atoms with Crippen molar-refractivity contribution in [3.05, 3.63) is 35.5 Å². The smallest absolute Gasteiger partial charge is 0.0459 e. The lowest BCUT2D eigenvalue weighted by molar-refractivity contribution is 0.433. The van der Waals surface area contributed by atoms with E-state index in [0.717, 1.165) is 0 Å². The van der Waals surface area contributed by atoms with Crippen LogP contribution in [0.25, 0.3) is 10.9 Å². The van der Waals surface area contributed by atoms with E-state index in [1.165, 1.54) is 35.9 Å². The van der Waals surface area contributed by atoms with Crippen molar-refractivity contribution in [3.8, 4) is 0 Å². The predicted octanol–water partition coefficient (Wildman–Crippen LogP) is 3.78. The van der Waals surface area contributed by atoms with Gasteiger partial charge in [0.25, 0.3) is 0 Å². The monoisotopic (exact) mass is 199 g/mol. The number of nitrogens with one attached hydrogen (secondary N) is 1. The lowest BCUT2D eigenvalue weighted by Gasteiger charge is -2.30. The molecule has 0 radical (unpaired) electrons. The van der Waals surface area contributed by atoms with Gasteiger partial charge in [0.1, 0.15) is 0 Å². The summed E-state index contributed by atoms with van der Waals surface area (Å²) in [5, 5.41) is 1.43. The van der Waals surface area contributed by atoms with Crippen LogP contribution in [-0.4, -0.2) is 4.98 Å². The number of para-hydroxylation sites is 1. The molecule has 1 aromatic heterocycles. The second kappa shape index (κ2) is 2.88. The molecule has 0 fully saturated rings. The number of hydrogen-bond donors (Lipinski definition) is 1. The number of rotatable bonds is 0. The average molecular weight is 199 g/mol. The molecule has 0 atom stereocenters. The molecule has 0 amide bonds. The lowest BCUT2D eigenvalue weighted by atomic mass is 9.74. The molecule has 78 valence electrons. The molecule has 0 spiro atoms.